The Morgan fingerprint density at radius 1 is 1.30 bits per heavy atom. The van der Waals surface area contributed by atoms with Crippen LogP contribution in [-0.4, -0.2) is 43.4 Å². The Labute approximate surface area is 122 Å². The van der Waals surface area contributed by atoms with Crippen molar-refractivity contribution >= 4 is 5.91 Å². The van der Waals surface area contributed by atoms with Gasteiger partial charge in [-0.15, -0.1) is 0 Å². The Hall–Kier alpha value is -0.610. The number of likely N-dealkylation sites (tertiary alicyclic amines) is 1. The number of ether oxygens (including phenoxy) is 2. The van der Waals surface area contributed by atoms with Crippen LogP contribution in [0.5, 0.6) is 0 Å². The lowest BCUT2D eigenvalue weighted by atomic mass is 9.88. The number of hydrogen-bond acceptors (Lipinski definition) is 3. The highest BCUT2D eigenvalue weighted by atomic mass is 16.7. The number of piperidine rings is 1. The van der Waals surface area contributed by atoms with E-state index in [-0.39, 0.29) is 12.2 Å². The van der Waals surface area contributed by atoms with Gasteiger partial charge in [-0.3, -0.25) is 4.79 Å². The van der Waals surface area contributed by atoms with E-state index in [0.717, 1.165) is 38.8 Å². The fraction of sp³-hybridized carbons (Fsp3) is 0.938. The summed E-state index contributed by atoms with van der Waals surface area (Å²) in [7, 11) is 0. The van der Waals surface area contributed by atoms with Gasteiger partial charge in [-0.2, -0.15) is 0 Å². The zero-order valence-electron chi connectivity index (χ0n) is 13.1. The second kappa shape index (κ2) is 7.41. The summed E-state index contributed by atoms with van der Waals surface area (Å²) in [6.07, 6.45) is 4.15. The van der Waals surface area contributed by atoms with Gasteiger partial charge in [-0.05, 0) is 25.2 Å². The third kappa shape index (κ3) is 3.73. The summed E-state index contributed by atoms with van der Waals surface area (Å²) < 4.78 is 11.2. The fourth-order valence-corrected chi connectivity index (χ4v) is 3.37. The first-order valence-corrected chi connectivity index (χ1v) is 8.15. The summed E-state index contributed by atoms with van der Waals surface area (Å²) in [5.41, 5.74) is 0. The predicted molar refractivity (Wildman–Crippen MR) is 78.2 cm³/mol. The van der Waals surface area contributed by atoms with Gasteiger partial charge in [0.15, 0.2) is 6.29 Å². The van der Waals surface area contributed by atoms with Crippen molar-refractivity contribution in [3.8, 4) is 0 Å². The predicted octanol–water partition coefficient (Wildman–Crippen LogP) is 2.67. The van der Waals surface area contributed by atoms with Gasteiger partial charge in [0.2, 0.25) is 5.91 Å². The highest BCUT2D eigenvalue weighted by molar-refractivity contribution is 5.79. The lowest BCUT2D eigenvalue weighted by molar-refractivity contribution is -0.144. The van der Waals surface area contributed by atoms with Crippen molar-refractivity contribution in [1.29, 1.82) is 0 Å². The van der Waals surface area contributed by atoms with Crippen LogP contribution in [0.3, 0.4) is 0 Å². The molecule has 2 aliphatic heterocycles. The molecule has 0 N–H and O–H groups in total. The smallest absolute Gasteiger partial charge is 0.225 e. The molecule has 116 valence electrons. The quantitative estimate of drug-likeness (QED) is 0.778. The molecule has 0 saturated carbocycles. The standard InChI is InChI=1S/C16H29NO3/c1-4-6-14(12(2)3)15(18)17-8-5-7-13(11-17)16-19-9-10-20-16/h12-14,16H,4-11H2,1-3H3/t13-,14-/m1/s1. The van der Waals surface area contributed by atoms with Gasteiger partial charge in [0.25, 0.3) is 0 Å². The molecular weight excluding hydrogens is 254 g/mol. The Balaban J connectivity index is 1.94. The van der Waals surface area contributed by atoms with Gasteiger partial charge in [-0.1, -0.05) is 27.2 Å². The second-order valence-corrected chi connectivity index (χ2v) is 6.44. The Morgan fingerprint density at radius 3 is 2.60 bits per heavy atom. The zero-order valence-corrected chi connectivity index (χ0v) is 13.1. The van der Waals surface area contributed by atoms with Crippen LogP contribution in [0.25, 0.3) is 0 Å². The lowest BCUT2D eigenvalue weighted by Gasteiger charge is -2.37. The maximum absolute atomic E-state index is 12.7. The van der Waals surface area contributed by atoms with Crippen LogP contribution in [0.1, 0.15) is 46.5 Å². The SMILES string of the molecule is CCC[C@@H](C(=O)N1CCC[C@@H](C2OCCO2)C1)C(C)C. The molecular formula is C16H29NO3. The van der Waals surface area contributed by atoms with E-state index in [1.54, 1.807) is 0 Å². The number of hydrogen-bond donors (Lipinski definition) is 0. The number of rotatable bonds is 5. The van der Waals surface area contributed by atoms with E-state index in [2.05, 4.69) is 25.7 Å². The highest BCUT2D eigenvalue weighted by Gasteiger charge is 2.35. The van der Waals surface area contributed by atoms with Crippen molar-refractivity contribution < 1.29 is 14.3 Å². The van der Waals surface area contributed by atoms with E-state index in [9.17, 15) is 4.79 Å². The molecule has 1 amide bonds. The minimum absolute atomic E-state index is 0.0886. The molecule has 2 heterocycles. The van der Waals surface area contributed by atoms with Crippen LogP contribution < -0.4 is 0 Å². The van der Waals surface area contributed by atoms with Gasteiger partial charge < -0.3 is 14.4 Å². The van der Waals surface area contributed by atoms with Crippen LogP contribution in [0.2, 0.25) is 0 Å². The molecule has 0 aromatic carbocycles. The van der Waals surface area contributed by atoms with Crippen molar-refractivity contribution in [2.45, 2.75) is 52.7 Å². The molecule has 0 unspecified atom stereocenters. The van der Waals surface area contributed by atoms with Crippen molar-refractivity contribution in [2.75, 3.05) is 26.3 Å². The van der Waals surface area contributed by atoms with Gasteiger partial charge in [-0.25, -0.2) is 0 Å². The van der Waals surface area contributed by atoms with Crippen molar-refractivity contribution in [3.63, 3.8) is 0 Å². The first-order valence-electron chi connectivity index (χ1n) is 8.15. The largest absolute Gasteiger partial charge is 0.350 e. The van der Waals surface area contributed by atoms with Crippen molar-refractivity contribution in [2.24, 2.45) is 17.8 Å². The van der Waals surface area contributed by atoms with E-state index < -0.39 is 0 Å². The molecule has 2 atom stereocenters. The van der Waals surface area contributed by atoms with Crippen LogP contribution in [0, 0.1) is 17.8 Å². The van der Waals surface area contributed by atoms with Crippen LogP contribution in [0.15, 0.2) is 0 Å². The monoisotopic (exact) mass is 283 g/mol. The van der Waals surface area contributed by atoms with E-state index >= 15 is 0 Å². The normalized spacial score (nSPS) is 26.2. The number of nitrogens with zero attached hydrogens (tertiary/aromatic N) is 1. The average Bonchev–Trinajstić information content (AvgIpc) is 2.98. The molecule has 0 aliphatic carbocycles. The van der Waals surface area contributed by atoms with Gasteiger partial charge in [0.05, 0.1) is 13.2 Å². The maximum Gasteiger partial charge on any atom is 0.225 e. The van der Waals surface area contributed by atoms with Crippen molar-refractivity contribution in [3.05, 3.63) is 0 Å². The minimum atomic E-state index is -0.0886. The third-order valence-corrected chi connectivity index (χ3v) is 4.52. The average molecular weight is 283 g/mol. The number of amides is 1. The summed E-state index contributed by atoms with van der Waals surface area (Å²) in [5, 5.41) is 0. The molecule has 0 bridgehead atoms. The number of carbonyl (C=O) groups is 1. The number of carbonyl (C=O) groups excluding carboxylic acids is 1. The van der Waals surface area contributed by atoms with E-state index in [0.29, 0.717) is 31.0 Å². The minimum Gasteiger partial charge on any atom is -0.350 e. The molecule has 20 heavy (non-hydrogen) atoms. The van der Waals surface area contributed by atoms with E-state index in [1.165, 1.54) is 0 Å². The molecule has 0 spiro atoms. The second-order valence-electron chi connectivity index (χ2n) is 6.44. The summed E-state index contributed by atoms with van der Waals surface area (Å²) >= 11 is 0. The topological polar surface area (TPSA) is 38.8 Å². The molecule has 2 saturated heterocycles. The molecule has 2 fully saturated rings. The third-order valence-electron chi connectivity index (χ3n) is 4.52. The highest BCUT2D eigenvalue weighted by Crippen LogP contribution is 2.28. The van der Waals surface area contributed by atoms with Gasteiger partial charge in [0.1, 0.15) is 0 Å². The van der Waals surface area contributed by atoms with Crippen LogP contribution >= 0.6 is 0 Å². The van der Waals surface area contributed by atoms with E-state index in [4.69, 9.17) is 9.47 Å². The van der Waals surface area contributed by atoms with Crippen LogP contribution in [0.4, 0.5) is 0 Å². The van der Waals surface area contributed by atoms with Crippen LogP contribution in [-0.2, 0) is 14.3 Å². The zero-order chi connectivity index (χ0) is 14.5. The maximum atomic E-state index is 12.7. The van der Waals surface area contributed by atoms with E-state index in [1.807, 2.05) is 0 Å². The summed E-state index contributed by atoms with van der Waals surface area (Å²) in [5.74, 6) is 1.28. The summed E-state index contributed by atoms with van der Waals surface area (Å²) in [6, 6.07) is 0. The molecule has 2 rings (SSSR count). The first kappa shape index (κ1) is 15.8. The molecule has 4 nitrogen and oxygen atoms in total. The molecule has 4 heteroatoms. The Kier molecular flexibility index (Phi) is 5.85. The summed E-state index contributed by atoms with van der Waals surface area (Å²) in [6.45, 7) is 9.55. The Bertz CT molecular complexity index is 313. The Morgan fingerprint density at radius 2 is 2.00 bits per heavy atom. The molecule has 0 radical (unpaired) electrons. The fourth-order valence-electron chi connectivity index (χ4n) is 3.37. The van der Waals surface area contributed by atoms with Gasteiger partial charge in [0, 0.05) is 24.9 Å². The lowest BCUT2D eigenvalue weighted by Crippen LogP contribution is -2.46. The van der Waals surface area contributed by atoms with Gasteiger partial charge >= 0.3 is 0 Å². The molecule has 0 aromatic rings. The molecule has 0 aromatic heterocycles. The summed E-state index contributed by atoms with van der Waals surface area (Å²) in [4.78, 5) is 14.8. The molecule has 2 aliphatic rings. The van der Waals surface area contributed by atoms with Crippen molar-refractivity contribution in [1.82, 2.24) is 4.90 Å². The first-order chi connectivity index (χ1) is 9.63.